The number of hydrogen-bond acceptors (Lipinski definition) is 5. The molecule has 1 atom stereocenters. The van der Waals surface area contributed by atoms with E-state index in [1.807, 2.05) is 27.7 Å². The standard InChI is InChI=1S/C19H27N5O4/c1-10(2)6-15(19(27)28)23-16(25)9-20-18(26)14-7-13-8-21-24(11(3)4)17(13)22-12(14)5/h7-8,10-11,15H,6,9H2,1-5H3,(H,20,26)(H,23,25)(H,27,28)/t15-/m0/s1. The van der Waals surface area contributed by atoms with E-state index in [-0.39, 0.29) is 18.5 Å². The third-order valence-electron chi connectivity index (χ3n) is 4.24. The van der Waals surface area contributed by atoms with Gasteiger partial charge in [-0.25, -0.2) is 14.5 Å². The lowest BCUT2D eigenvalue weighted by Crippen LogP contribution is -2.46. The number of fused-ring (bicyclic) bond motifs is 1. The van der Waals surface area contributed by atoms with Gasteiger partial charge in [-0.15, -0.1) is 0 Å². The third kappa shape index (κ3) is 5.05. The number of aliphatic carboxylic acids is 1. The van der Waals surface area contributed by atoms with Gasteiger partial charge in [-0.1, -0.05) is 13.8 Å². The minimum Gasteiger partial charge on any atom is -0.480 e. The minimum atomic E-state index is -1.10. The number of aromatic nitrogens is 3. The molecule has 0 spiro atoms. The van der Waals surface area contributed by atoms with E-state index in [2.05, 4.69) is 20.7 Å². The van der Waals surface area contributed by atoms with Crippen LogP contribution in [0.3, 0.4) is 0 Å². The molecule has 2 amide bonds. The number of rotatable bonds is 8. The van der Waals surface area contributed by atoms with E-state index in [0.29, 0.717) is 23.3 Å². The Kier molecular flexibility index (Phi) is 6.71. The van der Waals surface area contributed by atoms with E-state index in [1.54, 1.807) is 23.9 Å². The molecular formula is C19H27N5O4. The number of carbonyl (C=O) groups is 3. The maximum Gasteiger partial charge on any atom is 0.326 e. The maximum absolute atomic E-state index is 12.5. The summed E-state index contributed by atoms with van der Waals surface area (Å²) in [5, 5.41) is 19.2. The van der Waals surface area contributed by atoms with E-state index in [0.717, 1.165) is 5.39 Å². The van der Waals surface area contributed by atoms with Crippen molar-refractivity contribution in [2.45, 2.75) is 53.1 Å². The van der Waals surface area contributed by atoms with Crippen LogP contribution in [0.2, 0.25) is 0 Å². The number of carboxylic acid groups (broad SMARTS) is 1. The van der Waals surface area contributed by atoms with Crippen LogP contribution in [0, 0.1) is 12.8 Å². The van der Waals surface area contributed by atoms with Crippen molar-refractivity contribution in [3.05, 3.63) is 23.5 Å². The van der Waals surface area contributed by atoms with Crippen molar-refractivity contribution in [1.82, 2.24) is 25.4 Å². The molecule has 0 saturated heterocycles. The summed E-state index contributed by atoms with van der Waals surface area (Å²) < 4.78 is 1.78. The molecule has 2 rings (SSSR count). The van der Waals surface area contributed by atoms with Crippen molar-refractivity contribution >= 4 is 28.8 Å². The second-order valence-corrected chi connectivity index (χ2v) is 7.49. The number of hydrogen-bond donors (Lipinski definition) is 3. The zero-order valence-electron chi connectivity index (χ0n) is 16.8. The van der Waals surface area contributed by atoms with Gasteiger partial charge in [-0.2, -0.15) is 5.10 Å². The van der Waals surface area contributed by atoms with Gasteiger partial charge in [0.05, 0.1) is 24.0 Å². The Hall–Kier alpha value is -2.97. The Morgan fingerprint density at radius 3 is 2.46 bits per heavy atom. The summed E-state index contributed by atoms with van der Waals surface area (Å²) in [5.74, 6) is -1.99. The fraction of sp³-hybridized carbons (Fsp3) is 0.526. The Bertz CT molecular complexity index is 888. The van der Waals surface area contributed by atoms with Gasteiger partial charge in [-0.05, 0) is 39.2 Å². The topological polar surface area (TPSA) is 126 Å². The number of amides is 2. The predicted octanol–water partition coefficient (Wildman–Crippen LogP) is 1.67. The molecule has 0 aliphatic heterocycles. The largest absolute Gasteiger partial charge is 0.480 e. The number of pyridine rings is 1. The molecule has 0 fully saturated rings. The van der Waals surface area contributed by atoms with Gasteiger partial charge >= 0.3 is 5.97 Å². The summed E-state index contributed by atoms with van der Waals surface area (Å²) >= 11 is 0. The lowest BCUT2D eigenvalue weighted by atomic mass is 10.0. The second kappa shape index (κ2) is 8.81. The van der Waals surface area contributed by atoms with Gasteiger partial charge < -0.3 is 15.7 Å². The first-order valence-electron chi connectivity index (χ1n) is 9.25. The predicted molar refractivity (Wildman–Crippen MR) is 104 cm³/mol. The molecule has 0 aromatic carbocycles. The molecule has 0 aliphatic rings. The van der Waals surface area contributed by atoms with Gasteiger partial charge in [0, 0.05) is 11.4 Å². The summed E-state index contributed by atoms with van der Waals surface area (Å²) in [6.45, 7) is 9.13. The van der Waals surface area contributed by atoms with Crippen molar-refractivity contribution < 1.29 is 19.5 Å². The van der Waals surface area contributed by atoms with Gasteiger partial charge in [0.2, 0.25) is 5.91 Å². The molecule has 0 saturated carbocycles. The smallest absolute Gasteiger partial charge is 0.326 e. The van der Waals surface area contributed by atoms with Crippen LogP contribution in [-0.2, 0) is 9.59 Å². The molecule has 152 valence electrons. The van der Waals surface area contributed by atoms with Crippen LogP contribution in [0.1, 0.15) is 56.2 Å². The third-order valence-corrected chi connectivity index (χ3v) is 4.24. The molecule has 0 unspecified atom stereocenters. The fourth-order valence-corrected chi connectivity index (χ4v) is 2.87. The summed E-state index contributed by atoms with van der Waals surface area (Å²) in [7, 11) is 0. The number of nitrogens with zero attached hydrogens (tertiary/aromatic N) is 3. The average molecular weight is 389 g/mol. The van der Waals surface area contributed by atoms with E-state index in [4.69, 9.17) is 0 Å². The van der Waals surface area contributed by atoms with Crippen LogP contribution in [0.5, 0.6) is 0 Å². The normalized spacial score (nSPS) is 12.4. The molecule has 28 heavy (non-hydrogen) atoms. The van der Waals surface area contributed by atoms with Crippen LogP contribution in [0.15, 0.2) is 12.3 Å². The zero-order chi connectivity index (χ0) is 21.0. The Morgan fingerprint density at radius 2 is 1.89 bits per heavy atom. The molecule has 0 bridgehead atoms. The van der Waals surface area contributed by atoms with Gasteiger partial charge in [-0.3, -0.25) is 9.59 Å². The average Bonchev–Trinajstić information content (AvgIpc) is 3.00. The quantitative estimate of drug-likeness (QED) is 0.630. The molecule has 9 nitrogen and oxygen atoms in total. The number of nitrogens with one attached hydrogen (secondary N) is 2. The molecule has 0 radical (unpaired) electrons. The fourth-order valence-electron chi connectivity index (χ4n) is 2.87. The highest BCUT2D eigenvalue weighted by molar-refractivity contribution is 6.00. The molecule has 3 N–H and O–H groups in total. The first kappa shape index (κ1) is 21.3. The SMILES string of the molecule is Cc1nc2c(cnn2C(C)C)cc1C(=O)NCC(=O)N[C@@H](CC(C)C)C(=O)O. The second-order valence-electron chi connectivity index (χ2n) is 7.49. The monoisotopic (exact) mass is 389 g/mol. The van der Waals surface area contributed by atoms with Gasteiger partial charge in [0.15, 0.2) is 5.65 Å². The molecule has 2 aromatic heterocycles. The number of aryl methyl sites for hydroxylation is 1. The van der Waals surface area contributed by atoms with Crippen LogP contribution < -0.4 is 10.6 Å². The Labute approximate surface area is 163 Å². The highest BCUT2D eigenvalue weighted by atomic mass is 16.4. The van der Waals surface area contributed by atoms with Crippen molar-refractivity contribution in [2.75, 3.05) is 6.54 Å². The van der Waals surface area contributed by atoms with Crippen LogP contribution >= 0.6 is 0 Å². The van der Waals surface area contributed by atoms with Crippen molar-refractivity contribution in [1.29, 1.82) is 0 Å². The van der Waals surface area contributed by atoms with Gasteiger partial charge in [0.25, 0.3) is 5.91 Å². The lowest BCUT2D eigenvalue weighted by Gasteiger charge is -2.16. The first-order valence-corrected chi connectivity index (χ1v) is 9.25. The van der Waals surface area contributed by atoms with Crippen LogP contribution in [0.25, 0.3) is 11.0 Å². The minimum absolute atomic E-state index is 0.114. The van der Waals surface area contributed by atoms with Crippen LogP contribution in [-0.4, -0.2) is 50.2 Å². The zero-order valence-corrected chi connectivity index (χ0v) is 16.8. The maximum atomic E-state index is 12.5. The highest BCUT2D eigenvalue weighted by Crippen LogP contribution is 2.19. The van der Waals surface area contributed by atoms with E-state index >= 15 is 0 Å². The Balaban J connectivity index is 2.05. The lowest BCUT2D eigenvalue weighted by molar-refractivity contribution is -0.142. The van der Waals surface area contributed by atoms with E-state index in [1.165, 1.54) is 0 Å². The first-order chi connectivity index (χ1) is 13.1. The molecule has 0 aliphatic carbocycles. The van der Waals surface area contributed by atoms with E-state index < -0.39 is 23.8 Å². The van der Waals surface area contributed by atoms with Gasteiger partial charge in [0.1, 0.15) is 6.04 Å². The van der Waals surface area contributed by atoms with Crippen LogP contribution in [0.4, 0.5) is 0 Å². The van der Waals surface area contributed by atoms with Crippen molar-refractivity contribution in [3.8, 4) is 0 Å². The number of carbonyl (C=O) groups excluding carboxylic acids is 2. The summed E-state index contributed by atoms with van der Waals surface area (Å²) in [5.41, 5.74) is 1.57. The molecule has 2 heterocycles. The summed E-state index contributed by atoms with van der Waals surface area (Å²) in [6, 6.07) is 0.849. The van der Waals surface area contributed by atoms with Crippen molar-refractivity contribution in [3.63, 3.8) is 0 Å². The summed E-state index contributed by atoms with van der Waals surface area (Å²) in [6.07, 6.45) is 1.96. The highest BCUT2D eigenvalue weighted by Gasteiger charge is 2.22. The Morgan fingerprint density at radius 1 is 1.21 bits per heavy atom. The molecule has 2 aromatic rings. The number of carboxylic acids is 1. The molecule has 9 heteroatoms. The van der Waals surface area contributed by atoms with Crippen molar-refractivity contribution in [2.24, 2.45) is 5.92 Å². The molecular weight excluding hydrogens is 362 g/mol. The summed E-state index contributed by atoms with van der Waals surface area (Å²) in [4.78, 5) is 40.2. The van der Waals surface area contributed by atoms with E-state index in [9.17, 15) is 19.5 Å².